The third-order valence-corrected chi connectivity index (χ3v) is 4.67. The molecule has 0 radical (unpaired) electrons. The number of benzene rings is 1. The van der Waals surface area contributed by atoms with E-state index in [0.29, 0.717) is 23.2 Å². The van der Waals surface area contributed by atoms with E-state index in [9.17, 15) is 18.3 Å². The number of aliphatic hydroxyl groups is 1. The molecule has 0 atom stereocenters. The lowest BCUT2D eigenvalue weighted by atomic mass is 9.93. The van der Waals surface area contributed by atoms with Crippen LogP contribution in [0.25, 0.3) is 16.6 Å². The fourth-order valence-corrected chi connectivity index (χ4v) is 3.34. The number of aryl methyl sites for hydroxylation is 1. The minimum Gasteiger partial charge on any atom is -0.389 e. The molecule has 1 heterocycles. The van der Waals surface area contributed by atoms with Gasteiger partial charge in [0.2, 0.25) is 0 Å². The normalized spacial score (nSPS) is 16.1. The topological polar surface area (TPSA) is 38.0 Å². The van der Waals surface area contributed by atoms with Gasteiger partial charge in [-0.25, -0.2) is 4.98 Å². The Morgan fingerprint density at radius 3 is 2.56 bits per heavy atom. The number of aromatic nitrogens is 2. The van der Waals surface area contributed by atoms with Crippen molar-refractivity contribution in [2.75, 3.05) is 0 Å². The molecule has 0 amide bonds. The minimum absolute atomic E-state index is 0.103. The van der Waals surface area contributed by atoms with Crippen LogP contribution in [0.15, 0.2) is 47.3 Å². The lowest BCUT2D eigenvalue weighted by Gasteiger charge is -2.19. The second kappa shape index (κ2) is 6.84. The number of hydrogen-bond acceptors (Lipinski definition) is 2. The van der Waals surface area contributed by atoms with E-state index in [1.807, 2.05) is 0 Å². The highest BCUT2D eigenvalue weighted by Gasteiger charge is 2.36. The molecule has 1 aromatic heterocycles. The van der Waals surface area contributed by atoms with Crippen LogP contribution in [0.1, 0.15) is 31.4 Å². The van der Waals surface area contributed by atoms with E-state index in [2.05, 4.69) is 4.98 Å². The Hall–Kier alpha value is -2.05. The van der Waals surface area contributed by atoms with Crippen LogP contribution < -0.4 is 0 Å². The van der Waals surface area contributed by atoms with Crippen LogP contribution in [0, 0.1) is 6.92 Å². The number of hydrogen-bond donors (Lipinski definition) is 1. The van der Waals surface area contributed by atoms with Crippen molar-refractivity contribution in [2.24, 2.45) is 0 Å². The predicted octanol–water partition coefficient (Wildman–Crippen LogP) is 5.51. The van der Waals surface area contributed by atoms with Crippen molar-refractivity contribution in [3.63, 3.8) is 0 Å². The number of allylic oxidation sites excluding steroid dienone is 6. The molecule has 0 saturated carbocycles. The van der Waals surface area contributed by atoms with Crippen molar-refractivity contribution in [3.8, 4) is 0 Å². The minimum atomic E-state index is -4.46. The Morgan fingerprint density at radius 2 is 1.93 bits per heavy atom. The average molecular weight is 397 g/mol. The summed E-state index contributed by atoms with van der Waals surface area (Å²) in [5.41, 5.74) is 1.04. The van der Waals surface area contributed by atoms with Crippen molar-refractivity contribution >= 4 is 28.2 Å². The lowest BCUT2D eigenvalue weighted by Crippen LogP contribution is -2.25. The molecule has 0 bridgehead atoms. The second-order valence-electron chi connectivity index (χ2n) is 7.36. The first-order valence-electron chi connectivity index (χ1n) is 8.48. The maximum Gasteiger partial charge on any atom is 0.413 e. The Bertz CT molecular complexity index is 975. The van der Waals surface area contributed by atoms with Crippen molar-refractivity contribution < 1.29 is 18.3 Å². The first-order chi connectivity index (χ1) is 12.5. The van der Waals surface area contributed by atoms with Gasteiger partial charge in [0, 0.05) is 10.6 Å². The summed E-state index contributed by atoms with van der Waals surface area (Å²) in [5, 5.41) is 10.3. The molecular weight excluding hydrogens is 377 g/mol. The second-order valence-corrected chi connectivity index (χ2v) is 7.79. The zero-order valence-electron chi connectivity index (χ0n) is 15.2. The zero-order chi connectivity index (χ0) is 20.0. The van der Waals surface area contributed by atoms with Gasteiger partial charge in [-0.3, -0.25) is 0 Å². The zero-order valence-corrected chi connectivity index (χ0v) is 16.0. The van der Waals surface area contributed by atoms with Gasteiger partial charge in [0.15, 0.2) is 0 Å². The van der Waals surface area contributed by atoms with E-state index in [1.54, 1.807) is 43.8 Å². The van der Waals surface area contributed by atoms with Gasteiger partial charge in [-0.2, -0.15) is 13.2 Å². The van der Waals surface area contributed by atoms with Gasteiger partial charge in [-0.15, -0.1) is 0 Å². The molecule has 1 aromatic carbocycles. The van der Waals surface area contributed by atoms with Crippen LogP contribution in [-0.4, -0.2) is 26.4 Å². The fourth-order valence-electron chi connectivity index (χ4n) is 3.20. The highest BCUT2D eigenvalue weighted by atomic mass is 35.5. The summed E-state index contributed by atoms with van der Waals surface area (Å²) in [4.78, 5) is 4.31. The molecule has 0 aliphatic heterocycles. The first-order valence-corrected chi connectivity index (χ1v) is 8.86. The van der Waals surface area contributed by atoms with Gasteiger partial charge in [0.1, 0.15) is 0 Å². The third-order valence-electron chi connectivity index (χ3n) is 4.39. The summed E-state index contributed by atoms with van der Waals surface area (Å²) in [6, 6.07) is 3.47. The summed E-state index contributed by atoms with van der Waals surface area (Å²) in [5.74, 6) is 0. The number of fused-ring (bicyclic) bond motifs is 1. The standard InChI is InChI=1S/C20H20ClF3N2O/c1-12-8-18-17(25-11-26(18)10-19(2,3)27)9-15(12)14-6-4-13(21)5-7-16(14)20(22,23)24/h4-6,8-9,11,27H,7,10H2,1-3H3. The van der Waals surface area contributed by atoms with Gasteiger partial charge in [-0.05, 0) is 62.1 Å². The van der Waals surface area contributed by atoms with Gasteiger partial charge in [-0.1, -0.05) is 23.8 Å². The number of rotatable bonds is 3. The fraction of sp³-hybridized carbons (Fsp3) is 0.350. The molecule has 1 aliphatic rings. The summed E-state index contributed by atoms with van der Waals surface area (Å²) in [6.45, 7) is 5.48. The highest BCUT2D eigenvalue weighted by Crippen LogP contribution is 2.39. The molecule has 3 rings (SSSR count). The predicted molar refractivity (Wildman–Crippen MR) is 101 cm³/mol. The number of nitrogens with zero attached hydrogens (tertiary/aromatic N) is 2. The summed E-state index contributed by atoms with van der Waals surface area (Å²) >= 11 is 5.93. The van der Waals surface area contributed by atoms with Crippen LogP contribution >= 0.6 is 11.6 Å². The molecular formula is C20H20ClF3N2O. The van der Waals surface area contributed by atoms with E-state index in [-0.39, 0.29) is 17.0 Å². The summed E-state index contributed by atoms with van der Waals surface area (Å²) in [6.07, 6.45) is 1.10. The number of halogens is 4. The SMILES string of the molecule is Cc1cc2c(cc1C1=C(C(F)(F)F)CC=C(Cl)C=C1)ncn2CC(C)(C)O. The number of imidazole rings is 1. The average Bonchev–Trinajstić information content (AvgIpc) is 2.76. The molecule has 1 aliphatic carbocycles. The van der Waals surface area contributed by atoms with Crippen LogP contribution in [0.5, 0.6) is 0 Å². The quantitative estimate of drug-likeness (QED) is 0.742. The van der Waals surface area contributed by atoms with E-state index in [4.69, 9.17) is 11.6 Å². The Balaban J connectivity index is 2.17. The molecule has 27 heavy (non-hydrogen) atoms. The molecule has 0 unspecified atom stereocenters. The molecule has 2 aromatic rings. The smallest absolute Gasteiger partial charge is 0.389 e. The van der Waals surface area contributed by atoms with E-state index in [0.717, 1.165) is 5.52 Å². The van der Waals surface area contributed by atoms with Gasteiger partial charge >= 0.3 is 6.18 Å². The summed E-state index contributed by atoms with van der Waals surface area (Å²) in [7, 11) is 0. The van der Waals surface area contributed by atoms with Gasteiger partial charge < -0.3 is 9.67 Å². The Morgan fingerprint density at radius 1 is 1.22 bits per heavy atom. The van der Waals surface area contributed by atoms with Crippen LogP contribution in [0.3, 0.4) is 0 Å². The first kappa shape index (κ1) is 19.7. The Kier molecular flexibility index (Phi) is 4.99. The third kappa shape index (κ3) is 4.28. The van der Waals surface area contributed by atoms with Crippen LogP contribution in [-0.2, 0) is 6.54 Å². The summed E-state index contributed by atoms with van der Waals surface area (Å²) < 4.78 is 42.6. The van der Waals surface area contributed by atoms with Crippen molar-refractivity contribution in [1.29, 1.82) is 0 Å². The monoisotopic (exact) mass is 396 g/mol. The maximum absolute atomic E-state index is 13.6. The number of alkyl halides is 3. The van der Waals surface area contributed by atoms with Crippen molar-refractivity contribution in [3.05, 3.63) is 58.4 Å². The van der Waals surface area contributed by atoms with Crippen molar-refractivity contribution in [1.82, 2.24) is 9.55 Å². The van der Waals surface area contributed by atoms with E-state index in [1.165, 1.54) is 18.2 Å². The van der Waals surface area contributed by atoms with Crippen LogP contribution in [0.4, 0.5) is 13.2 Å². The van der Waals surface area contributed by atoms with Crippen LogP contribution in [0.2, 0.25) is 0 Å². The molecule has 1 N–H and O–H groups in total. The van der Waals surface area contributed by atoms with E-state index < -0.39 is 17.4 Å². The van der Waals surface area contributed by atoms with Crippen molar-refractivity contribution in [2.45, 2.75) is 45.5 Å². The maximum atomic E-state index is 13.6. The molecule has 7 heteroatoms. The van der Waals surface area contributed by atoms with Gasteiger partial charge in [0.05, 0.1) is 29.5 Å². The lowest BCUT2D eigenvalue weighted by molar-refractivity contribution is -0.0922. The Labute approximate surface area is 160 Å². The van der Waals surface area contributed by atoms with Gasteiger partial charge in [0.25, 0.3) is 0 Å². The molecule has 0 fully saturated rings. The molecule has 3 nitrogen and oxygen atoms in total. The van der Waals surface area contributed by atoms with E-state index >= 15 is 0 Å². The molecule has 144 valence electrons. The highest BCUT2D eigenvalue weighted by molar-refractivity contribution is 6.31. The largest absolute Gasteiger partial charge is 0.413 e. The molecule has 0 saturated heterocycles. The molecule has 0 spiro atoms.